The molecule has 1 aromatic rings. The van der Waals surface area contributed by atoms with Crippen molar-refractivity contribution in [1.29, 1.82) is 0 Å². The average molecular weight is 322 g/mol. The van der Waals surface area contributed by atoms with E-state index in [4.69, 9.17) is 4.74 Å². The van der Waals surface area contributed by atoms with Crippen molar-refractivity contribution >= 4 is 6.09 Å². The molecule has 128 valence electrons. The molecule has 2 unspecified atom stereocenters. The Morgan fingerprint density at radius 2 is 2.22 bits per heavy atom. The highest BCUT2D eigenvalue weighted by Crippen LogP contribution is 2.33. The van der Waals surface area contributed by atoms with Crippen molar-refractivity contribution in [2.75, 3.05) is 26.2 Å². The number of piperidine rings is 2. The molecule has 0 radical (unpaired) electrons. The van der Waals surface area contributed by atoms with Crippen LogP contribution in [-0.4, -0.2) is 64.7 Å². The Balaban J connectivity index is 1.73. The molecular formula is C16H26N4O3. The normalized spacial score (nSPS) is 26.4. The van der Waals surface area contributed by atoms with Crippen molar-refractivity contribution in [3.05, 3.63) is 17.5 Å². The number of carbonyl (C=O) groups is 1. The smallest absolute Gasteiger partial charge is 0.407 e. The van der Waals surface area contributed by atoms with Crippen LogP contribution in [0.5, 0.6) is 0 Å². The van der Waals surface area contributed by atoms with E-state index in [0.29, 0.717) is 13.2 Å². The number of H-pyrrole nitrogens is 1. The molecule has 0 spiro atoms. The van der Waals surface area contributed by atoms with Crippen LogP contribution in [0, 0.1) is 6.92 Å². The van der Waals surface area contributed by atoms with Crippen LogP contribution < -0.4 is 5.32 Å². The van der Waals surface area contributed by atoms with Crippen LogP contribution in [0.15, 0.2) is 6.20 Å². The van der Waals surface area contributed by atoms with Gasteiger partial charge in [-0.05, 0) is 51.3 Å². The quantitative estimate of drug-likeness (QED) is 0.785. The third-order valence-electron chi connectivity index (χ3n) is 5.05. The summed E-state index contributed by atoms with van der Waals surface area (Å²) in [6, 6.07) is -0.143. The summed E-state index contributed by atoms with van der Waals surface area (Å²) in [6.45, 7) is 5.00. The van der Waals surface area contributed by atoms with E-state index >= 15 is 0 Å². The molecule has 7 nitrogen and oxygen atoms in total. The van der Waals surface area contributed by atoms with E-state index in [1.54, 1.807) is 11.1 Å². The Hall–Kier alpha value is -1.60. The Morgan fingerprint density at radius 3 is 2.87 bits per heavy atom. The summed E-state index contributed by atoms with van der Waals surface area (Å²) in [6.07, 6.45) is 5.01. The predicted molar refractivity (Wildman–Crippen MR) is 85.7 cm³/mol. The summed E-state index contributed by atoms with van der Waals surface area (Å²) >= 11 is 0. The first-order valence-electron chi connectivity index (χ1n) is 8.48. The number of hydrogen-bond donors (Lipinski definition) is 3. The number of carboxylic acid groups (broad SMARTS) is 1. The Kier molecular flexibility index (Phi) is 5.17. The van der Waals surface area contributed by atoms with Crippen LogP contribution in [0.3, 0.4) is 0 Å². The minimum Gasteiger partial charge on any atom is -0.465 e. The monoisotopic (exact) mass is 322 g/mol. The van der Waals surface area contributed by atoms with E-state index in [1.165, 1.54) is 0 Å². The second-order valence-electron chi connectivity index (χ2n) is 6.54. The predicted octanol–water partition coefficient (Wildman–Crippen LogP) is 1.71. The molecule has 2 saturated heterocycles. The maximum Gasteiger partial charge on any atom is 0.407 e. The molecule has 3 heterocycles. The number of nitrogens with zero attached hydrogens (tertiary/aromatic N) is 2. The van der Waals surface area contributed by atoms with Gasteiger partial charge in [0.05, 0.1) is 24.9 Å². The summed E-state index contributed by atoms with van der Waals surface area (Å²) in [4.78, 5) is 13.2. The van der Waals surface area contributed by atoms with Gasteiger partial charge in [-0.2, -0.15) is 5.10 Å². The number of amides is 1. The van der Waals surface area contributed by atoms with Crippen LogP contribution in [0.25, 0.3) is 0 Å². The maximum absolute atomic E-state index is 11.7. The molecule has 0 aliphatic carbocycles. The number of aryl methyl sites for hydroxylation is 1. The lowest BCUT2D eigenvalue weighted by molar-refractivity contribution is -0.0177. The molecule has 0 bridgehead atoms. The molecule has 23 heavy (non-hydrogen) atoms. The first kappa shape index (κ1) is 16.3. The fourth-order valence-electron chi connectivity index (χ4n) is 3.77. The van der Waals surface area contributed by atoms with Crippen molar-refractivity contribution in [1.82, 2.24) is 20.4 Å². The van der Waals surface area contributed by atoms with Gasteiger partial charge in [-0.1, -0.05) is 0 Å². The zero-order chi connectivity index (χ0) is 16.2. The maximum atomic E-state index is 11.7. The third-order valence-corrected chi connectivity index (χ3v) is 5.05. The van der Waals surface area contributed by atoms with Gasteiger partial charge in [0.2, 0.25) is 0 Å². The lowest BCUT2D eigenvalue weighted by atomic mass is 9.85. The number of aromatic amines is 1. The van der Waals surface area contributed by atoms with Crippen LogP contribution >= 0.6 is 0 Å². The summed E-state index contributed by atoms with van der Waals surface area (Å²) in [7, 11) is 0. The number of rotatable bonds is 4. The average Bonchev–Trinajstić information content (AvgIpc) is 2.99. The molecule has 3 N–H and O–H groups in total. The van der Waals surface area contributed by atoms with Gasteiger partial charge in [0, 0.05) is 18.2 Å². The van der Waals surface area contributed by atoms with Gasteiger partial charge in [0.1, 0.15) is 0 Å². The van der Waals surface area contributed by atoms with Crippen molar-refractivity contribution < 1.29 is 14.6 Å². The molecular weight excluding hydrogens is 296 g/mol. The zero-order valence-corrected chi connectivity index (χ0v) is 13.6. The minimum atomic E-state index is -0.856. The lowest BCUT2D eigenvalue weighted by Gasteiger charge is -2.40. The van der Waals surface area contributed by atoms with E-state index in [2.05, 4.69) is 15.5 Å². The third kappa shape index (κ3) is 3.67. The molecule has 2 atom stereocenters. The zero-order valence-electron chi connectivity index (χ0n) is 13.6. The minimum absolute atomic E-state index is 0.129. The van der Waals surface area contributed by atoms with Gasteiger partial charge < -0.3 is 20.1 Å². The number of aromatic nitrogens is 2. The summed E-state index contributed by atoms with van der Waals surface area (Å²) in [5.74, 6) is 0.129. The van der Waals surface area contributed by atoms with Gasteiger partial charge in [-0.15, -0.1) is 0 Å². The number of nitrogens with one attached hydrogen (secondary N) is 2. The van der Waals surface area contributed by atoms with Gasteiger partial charge in [0.25, 0.3) is 0 Å². The highest BCUT2D eigenvalue weighted by atomic mass is 16.5. The second-order valence-corrected chi connectivity index (χ2v) is 6.54. The Morgan fingerprint density at radius 1 is 1.43 bits per heavy atom. The van der Waals surface area contributed by atoms with Gasteiger partial charge in [-0.3, -0.25) is 5.10 Å². The highest BCUT2D eigenvalue weighted by molar-refractivity contribution is 5.66. The van der Waals surface area contributed by atoms with E-state index < -0.39 is 6.09 Å². The van der Waals surface area contributed by atoms with Crippen LogP contribution in [0.4, 0.5) is 4.79 Å². The largest absolute Gasteiger partial charge is 0.465 e. The first-order valence-corrected chi connectivity index (χ1v) is 8.48. The molecule has 1 aromatic heterocycles. The molecule has 2 fully saturated rings. The molecule has 2 aliphatic rings. The molecule has 2 aliphatic heterocycles. The van der Waals surface area contributed by atoms with E-state index in [1.807, 2.05) is 6.92 Å². The van der Waals surface area contributed by atoms with Gasteiger partial charge >= 0.3 is 6.09 Å². The van der Waals surface area contributed by atoms with Crippen LogP contribution in [-0.2, 0) is 4.74 Å². The second kappa shape index (κ2) is 7.31. The highest BCUT2D eigenvalue weighted by Gasteiger charge is 2.37. The number of likely N-dealkylation sites (tertiary alicyclic amines) is 1. The fourth-order valence-corrected chi connectivity index (χ4v) is 3.77. The van der Waals surface area contributed by atoms with Crippen molar-refractivity contribution in [2.45, 2.75) is 50.7 Å². The molecule has 1 amide bonds. The SMILES string of the molecule is Cc1cn[nH]c1C1CCCN(C(=O)O)C1COC1CCNCC1. The Bertz CT molecular complexity index is 527. The Labute approximate surface area is 136 Å². The van der Waals surface area contributed by atoms with Crippen LogP contribution in [0.2, 0.25) is 0 Å². The number of hydrogen-bond acceptors (Lipinski definition) is 4. The van der Waals surface area contributed by atoms with Crippen LogP contribution in [0.1, 0.15) is 42.9 Å². The van der Waals surface area contributed by atoms with E-state index in [9.17, 15) is 9.90 Å². The molecule has 0 aromatic carbocycles. The summed E-state index contributed by atoms with van der Waals surface area (Å²) in [5, 5.41) is 20.1. The topological polar surface area (TPSA) is 90.5 Å². The first-order chi connectivity index (χ1) is 11.2. The summed E-state index contributed by atoms with van der Waals surface area (Å²) in [5.41, 5.74) is 2.14. The lowest BCUT2D eigenvalue weighted by Crippen LogP contribution is -2.50. The standard InChI is InChI=1S/C16H26N4O3/c1-11-9-18-19-15(11)13-3-2-8-20(16(21)22)14(13)10-23-12-4-6-17-7-5-12/h9,12-14,17H,2-8,10H2,1H3,(H,18,19)(H,21,22). The van der Waals surface area contributed by atoms with Gasteiger partial charge in [-0.25, -0.2) is 4.79 Å². The summed E-state index contributed by atoms with van der Waals surface area (Å²) < 4.78 is 6.09. The van der Waals surface area contributed by atoms with Crippen molar-refractivity contribution in [3.8, 4) is 0 Å². The molecule has 3 rings (SSSR count). The fraction of sp³-hybridized carbons (Fsp3) is 0.750. The molecule has 0 saturated carbocycles. The van der Waals surface area contributed by atoms with E-state index in [0.717, 1.165) is 50.0 Å². The van der Waals surface area contributed by atoms with E-state index in [-0.39, 0.29) is 18.1 Å². The molecule has 7 heteroatoms. The number of ether oxygens (including phenoxy) is 1. The van der Waals surface area contributed by atoms with Crippen molar-refractivity contribution in [3.63, 3.8) is 0 Å². The van der Waals surface area contributed by atoms with Gasteiger partial charge in [0.15, 0.2) is 0 Å². The van der Waals surface area contributed by atoms with Crippen molar-refractivity contribution in [2.24, 2.45) is 0 Å².